The normalized spacial score (nSPS) is 24.9. The number of benzene rings is 1. The van der Waals surface area contributed by atoms with Gasteiger partial charge in [0.15, 0.2) is 5.69 Å². The molecule has 2 aliphatic rings. The largest absolute Gasteiger partial charge is 0.345 e. The molecule has 1 aliphatic heterocycles. The first kappa shape index (κ1) is 17.7. The number of nitrogens with zero attached hydrogens (tertiary/aromatic N) is 4. The molecule has 0 spiro atoms. The lowest BCUT2D eigenvalue weighted by Crippen LogP contribution is -2.40. The summed E-state index contributed by atoms with van der Waals surface area (Å²) < 4.78 is 1.23. The minimum Gasteiger partial charge on any atom is -0.345 e. The van der Waals surface area contributed by atoms with E-state index < -0.39 is 0 Å². The Kier molecular flexibility index (Phi) is 4.25. The van der Waals surface area contributed by atoms with Crippen molar-refractivity contribution in [2.75, 3.05) is 20.6 Å². The molecule has 3 atom stereocenters. The molecule has 7 nitrogen and oxygen atoms in total. The number of fused-ring (bicyclic) bond motifs is 2. The Morgan fingerprint density at radius 3 is 2.52 bits per heavy atom. The molecule has 27 heavy (non-hydrogen) atoms. The highest BCUT2D eigenvalue weighted by atomic mass is 16.2. The molecule has 7 heteroatoms. The molecule has 1 aromatic heterocycles. The second-order valence-corrected chi connectivity index (χ2v) is 7.86. The molecule has 142 valence electrons. The first-order valence-electron chi connectivity index (χ1n) is 9.34. The molecule has 2 amide bonds. The molecule has 1 aliphatic carbocycles. The number of aromatic nitrogens is 2. The van der Waals surface area contributed by atoms with Crippen LogP contribution in [0.2, 0.25) is 0 Å². The Bertz CT molecular complexity index is 983. The maximum Gasteiger partial charge on any atom is 0.274 e. The van der Waals surface area contributed by atoms with Gasteiger partial charge in [-0.2, -0.15) is 5.10 Å². The summed E-state index contributed by atoms with van der Waals surface area (Å²) in [5, 5.41) is 5.34. The van der Waals surface area contributed by atoms with Gasteiger partial charge in [-0.15, -0.1) is 0 Å². The Morgan fingerprint density at radius 1 is 1.11 bits per heavy atom. The highest BCUT2D eigenvalue weighted by Crippen LogP contribution is 2.40. The fourth-order valence-electron chi connectivity index (χ4n) is 4.59. The van der Waals surface area contributed by atoms with Gasteiger partial charge in [0.2, 0.25) is 5.91 Å². The van der Waals surface area contributed by atoms with Crippen LogP contribution in [0.25, 0.3) is 10.8 Å². The van der Waals surface area contributed by atoms with E-state index in [0.29, 0.717) is 34.7 Å². The van der Waals surface area contributed by atoms with Crippen molar-refractivity contribution in [3.05, 3.63) is 40.3 Å². The van der Waals surface area contributed by atoms with Crippen LogP contribution in [0.15, 0.2) is 29.1 Å². The number of hydrogen-bond donors (Lipinski definition) is 0. The van der Waals surface area contributed by atoms with Gasteiger partial charge < -0.3 is 9.80 Å². The Hall–Kier alpha value is -2.70. The van der Waals surface area contributed by atoms with Crippen LogP contribution in [0.5, 0.6) is 0 Å². The molecule has 0 radical (unpaired) electrons. The molecule has 0 N–H and O–H groups in total. The standard InChI is InChI=1S/C20H24N4O3/c1-22-11-13-9-14(8-12(13)10-17(22)25)23(2)20(27)18-15-6-4-5-7-16(15)19(26)24(3)21-18/h4-7,12-14H,8-11H2,1-3H3/t12-,13+,14-/m1/s1. The van der Waals surface area contributed by atoms with E-state index in [0.717, 1.165) is 19.4 Å². The Balaban J connectivity index is 1.63. The molecule has 2 aromatic rings. The van der Waals surface area contributed by atoms with Gasteiger partial charge in [-0.1, -0.05) is 18.2 Å². The number of aryl methyl sites for hydroxylation is 1. The van der Waals surface area contributed by atoms with Crippen LogP contribution in [-0.2, 0) is 11.8 Å². The van der Waals surface area contributed by atoms with Gasteiger partial charge >= 0.3 is 0 Å². The van der Waals surface area contributed by atoms with Crippen molar-refractivity contribution < 1.29 is 9.59 Å². The molecule has 2 heterocycles. The predicted molar refractivity (Wildman–Crippen MR) is 101 cm³/mol. The lowest BCUT2D eigenvalue weighted by Gasteiger charge is -2.31. The first-order valence-corrected chi connectivity index (χ1v) is 9.34. The van der Waals surface area contributed by atoms with E-state index in [9.17, 15) is 14.4 Å². The van der Waals surface area contributed by atoms with Crippen molar-refractivity contribution >= 4 is 22.6 Å². The Morgan fingerprint density at radius 2 is 1.78 bits per heavy atom. The summed E-state index contributed by atoms with van der Waals surface area (Å²) in [6, 6.07) is 7.18. The van der Waals surface area contributed by atoms with Crippen molar-refractivity contribution in [2.45, 2.75) is 25.3 Å². The van der Waals surface area contributed by atoms with Crippen LogP contribution in [0, 0.1) is 11.8 Å². The highest BCUT2D eigenvalue weighted by molar-refractivity contribution is 6.04. The average Bonchev–Trinajstić information content (AvgIpc) is 3.06. The molecule has 1 aromatic carbocycles. The number of hydrogen-bond acceptors (Lipinski definition) is 4. The number of rotatable bonds is 2. The van der Waals surface area contributed by atoms with E-state index in [1.165, 1.54) is 4.68 Å². The lowest BCUT2D eigenvalue weighted by atomic mass is 9.88. The van der Waals surface area contributed by atoms with E-state index >= 15 is 0 Å². The predicted octanol–water partition coefficient (Wildman–Crippen LogP) is 1.26. The first-order chi connectivity index (χ1) is 12.9. The van der Waals surface area contributed by atoms with E-state index in [-0.39, 0.29) is 23.4 Å². The van der Waals surface area contributed by atoms with Crippen LogP contribution < -0.4 is 5.56 Å². The third-order valence-electron chi connectivity index (χ3n) is 6.21. The zero-order valence-electron chi connectivity index (χ0n) is 15.9. The molecule has 1 saturated carbocycles. The molecule has 1 saturated heterocycles. The van der Waals surface area contributed by atoms with Gasteiger partial charge in [-0.25, -0.2) is 4.68 Å². The maximum absolute atomic E-state index is 13.2. The van der Waals surface area contributed by atoms with Crippen LogP contribution in [-0.4, -0.2) is 58.1 Å². The monoisotopic (exact) mass is 368 g/mol. The van der Waals surface area contributed by atoms with Crippen LogP contribution in [0.4, 0.5) is 0 Å². The van der Waals surface area contributed by atoms with Crippen molar-refractivity contribution in [3.8, 4) is 0 Å². The quantitative estimate of drug-likeness (QED) is 0.800. The highest BCUT2D eigenvalue weighted by Gasteiger charge is 2.42. The SMILES string of the molecule is CN1C[C@@H]2C[C@H](N(C)C(=O)c3nn(C)c(=O)c4ccccc34)C[C@@H]2CC1=O. The summed E-state index contributed by atoms with van der Waals surface area (Å²) in [4.78, 5) is 41.1. The summed E-state index contributed by atoms with van der Waals surface area (Å²) in [7, 11) is 5.22. The zero-order valence-corrected chi connectivity index (χ0v) is 15.9. The van der Waals surface area contributed by atoms with E-state index in [1.54, 1.807) is 42.1 Å². The molecule has 4 rings (SSSR count). The summed E-state index contributed by atoms with van der Waals surface area (Å²) in [5.74, 6) is 0.804. The van der Waals surface area contributed by atoms with Gasteiger partial charge in [0, 0.05) is 45.5 Å². The third-order valence-corrected chi connectivity index (χ3v) is 6.21. The number of carbonyl (C=O) groups is 2. The maximum atomic E-state index is 13.2. The van der Waals surface area contributed by atoms with E-state index in [4.69, 9.17) is 0 Å². The summed E-state index contributed by atoms with van der Waals surface area (Å²) in [6.45, 7) is 0.767. The lowest BCUT2D eigenvalue weighted by molar-refractivity contribution is -0.134. The van der Waals surface area contributed by atoms with Crippen molar-refractivity contribution in [1.29, 1.82) is 0 Å². The Labute approximate surface area is 157 Å². The molecule has 0 bridgehead atoms. The third kappa shape index (κ3) is 2.91. The topological polar surface area (TPSA) is 75.5 Å². The second kappa shape index (κ2) is 6.48. The fraction of sp³-hybridized carbons (Fsp3) is 0.500. The van der Waals surface area contributed by atoms with E-state index in [1.807, 2.05) is 13.1 Å². The van der Waals surface area contributed by atoms with Crippen molar-refractivity contribution in [3.63, 3.8) is 0 Å². The van der Waals surface area contributed by atoms with Crippen LogP contribution >= 0.6 is 0 Å². The molecule has 0 unspecified atom stereocenters. The second-order valence-electron chi connectivity index (χ2n) is 7.86. The molecule has 2 fully saturated rings. The van der Waals surface area contributed by atoms with Gasteiger partial charge in [0.25, 0.3) is 11.5 Å². The minimum absolute atomic E-state index is 0.0876. The van der Waals surface area contributed by atoms with Crippen LogP contribution in [0.3, 0.4) is 0 Å². The van der Waals surface area contributed by atoms with Gasteiger partial charge in [0.05, 0.1) is 5.39 Å². The number of carbonyl (C=O) groups excluding carboxylic acids is 2. The summed E-state index contributed by atoms with van der Waals surface area (Å²) in [6.07, 6.45) is 2.31. The zero-order chi connectivity index (χ0) is 19.3. The van der Waals surface area contributed by atoms with Crippen LogP contribution in [0.1, 0.15) is 29.8 Å². The fourth-order valence-corrected chi connectivity index (χ4v) is 4.59. The average molecular weight is 368 g/mol. The number of piperidine rings is 1. The molecular weight excluding hydrogens is 344 g/mol. The van der Waals surface area contributed by atoms with Crippen molar-refractivity contribution in [2.24, 2.45) is 18.9 Å². The summed E-state index contributed by atoms with van der Waals surface area (Å²) in [5.41, 5.74) is 0.0940. The van der Waals surface area contributed by atoms with Gasteiger partial charge in [0.1, 0.15) is 0 Å². The van der Waals surface area contributed by atoms with E-state index in [2.05, 4.69) is 5.10 Å². The minimum atomic E-state index is -0.210. The van der Waals surface area contributed by atoms with Gasteiger partial charge in [-0.05, 0) is 30.7 Å². The van der Waals surface area contributed by atoms with Crippen molar-refractivity contribution in [1.82, 2.24) is 19.6 Å². The molecular formula is C20H24N4O3. The van der Waals surface area contributed by atoms with Gasteiger partial charge in [-0.3, -0.25) is 14.4 Å². The number of amides is 2. The number of likely N-dealkylation sites (tertiary alicyclic amines) is 1. The smallest absolute Gasteiger partial charge is 0.274 e. The summed E-state index contributed by atoms with van der Waals surface area (Å²) >= 11 is 0.